The predicted molar refractivity (Wildman–Crippen MR) is 132 cm³/mol. The van der Waals surface area contributed by atoms with E-state index in [1.54, 1.807) is 24.3 Å². The molecular weight excluding hydrogens is 516 g/mol. The maximum Gasteiger partial charge on any atom is 0.260 e. The fourth-order valence-corrected chi connectivity index (χ4v) is 4.58. The van der Waals surface area contributed by atoms with Crippen molar-refractivity contribution in [3.63, 3.8) is 0 Å². The first kappa shape index (κ1) is 24.0. The van der Waals surface area contributed by atoms with Gasteiger partial charge >= 0.3 is 0 Å². The van der Waals surface area contributed by atoms with Gasteiger partial charge in [0, 0.05) is 32.1 Å². The third-order valence-corrected chi connectivity index (χ3v) is 6.64. The van der Waals surface area contributed by atoms with Gasteiger partial charge in [-0.15, -0.1) is 0 Å². The molecule has 1 N–H and O–H groups in total. The number of amides is 1. The Morgan fingerprint density at radius 1 is 1.19 bits per heavy atom. The first-order valence-electron chi connectivity index (χ1n) is 9.56. The summed E-state index contributed by atoms with van der Waals surface area (Å²) in [5.74, 6) is -0.557. The van der Waals surface area contributed by atoms with E-state index in [1.165, 1.54) is 6.21 Å². The van der Waals surface area contributed by atoms with Crippen LogP contribution in [0.3, 0.4) is 0 Å². The molecule has 3 rings (SSSR count). The van der Waals surface area contributed by atoms with Crippen LogP contribution in [0.4, 0.5) is 5.69 Å². The molecular formula is C22H22BrClN4O3S. The van der Waals surface area contributed by atoms with E-state index in [1.807, 2.05) is 48.7 Å². The predicted octanol–water partition coefficient (Wildman–Crippen LogP) is 4.43. The van der Waals surface area contributed by atoms with Crippen LogP contribution in [-0.4, -0.2) is 37.9 Å². The van der Waals surface area contributed by atoms with E-state index in [4.69, 9.17) is 11.6 Å². The average molecular weight is 538 g/mol. The topological polar surface area (TPSA) is 83.8 Å². The van der Waals surface area contributed by atoms with Crippen LogP contribution >= 0.6 is 27.5 Å². The number of halogens is 2. The maximum absolute atomic E-state index is 12.4. The number of nitrogens with zero attached hydrogens (tertiary/aromatic N) is 3. The molecule has 0 aliphatic heterocycles. The molecule has 7 nitrogen and oxygen atoms in total. The number of anilines is 1. The molecule has 0 spiro atoms. The lowest BCUT2D eigenvalue weighted by Crippen LogP contribution is -2.39. The quantitative estimate of drug-likeness (QED) is 0.358. The number of carbonyl (C=O) groups excluding carboxylic acids is 1. The molecule has 2 aromatic carbocycles. The van der Waals surface area contributed by atoms with Crippen LogP contribution in [0.2, 0.25) is 5.02 Å². The molecule has 1 aromatic heterocycles. The van der Waals surface area contributed by atoms with Gasteiger partial charge in [0.25, 0.3) is 5.91 Å². The average Bonchev–Trinajstić information content (AvgIpc) is 2.99. The number of aromatic nitrogens is 1. The van der Waals surface area contributed by atoms with E-state index in [0.717, 1.165) is 37.7 Å². The Hall–Kier alpha value is -2.62. The Kier molecular flexibility index (Phi) is 7.43. The van der Waals surface area contributed by atoms with E-state index >= 15 is 0 Å². The van der Waals surface area contributed by atoms with Gasteiger partial charge in [0.1, 0.15) is 6.54 Å². The molecule has 0 unspecified atom stereocenters. The zero-order chi connectivity index (χ0) is 23.5. The smallest absolute Gasteiger partial charge is 0.260 e. The summed E-state index contributed by atoms with van der Waals surface area (Å²) in [6.07, 6.45) is 2.59. The summed E-state index contributed by atoms with van der Waals surface area (Å²) in [5.41, 5.74) is 6.44. The van der Waals surface area contributed by atoms with Crippen molar-refractivity contribution in [3.8, 4) is 5.69 Å². The Morgan fingerprint density at radius 3 is 2.50 bits per heavy atom. The molecule has 168 valence electrons. The first-order chi connectivity index (χ1) is 15.1. The van der Waals surface area contributed by atoms with Gasteiger partial charge in [-0.1, -0.05) is 33.6 Å². The molecule has 0 aliphatic carbocycles. The molecule has 0 aliphatic rings. The highest BCUT2D eigenvalue weighted by molar-refractivity contribution is 9.10. The lowest BCUT2D eigenvalue weighted by atomic mass is 10.2. The SMILES string of the molecule is Cc1cc(/C=N\NC(=O)CN(c2ccc(Br)cc2)S(C)(=O)=O)c(C)n1-c1cccc(Cl)c1. The van der Waals surface area contributed by atoms with Crippen molar-refractivity contribution in [2.24, 2.45) is 5.10 Å². The number of benzene rings is 2. The van der Waals surface area contributed by atoms with Crippen LogP contribution in [0, 0.1) is 13.8 Å². The molecule has 0 saturated heterocycles. The van der Waals surface area contributed by atoms with Crippen LogP contribution in [0.15, 0.2) is 64.2 Å². The summed E-state index contributed by atoms with van der Waals surface area (Å²) in [5, 5.41) is 4.66. The van der Waals surface area contributed by atoms with Crippen LogP contribution < -0.4 is 9.73 Å². The van der Waals surface area contributed by atoms with Crippen molar-refractivity contribution >= 4 is 55.4 Å². The van der Waals surface area contributed by atoms with Gasteiger partial charge < -0.3 is 4.57 Å². The molecule has 32 heavy (non-hydrogen) atoms. The number of hydrazone groups is 1. The Balaban J connectivity index is 1.73. The maximum atomic E-state index is 12.4. The van der Waals surface area contributed by atoms with Gasteiger partial charge in [0.2, 0.25) is 10.0 Å². The third-order valence-electron chi connectivity index (χ3n) is 4.73. The zero-order valence-electron chi connectivity index (χ0n) is 17.7. The van der Waals surface area contributed by atoms with Crippen LogP contribution in [0.1, 0.15) is 17.0 Å². The van der Waals surface area contributed by atoms with Crippen molar-refractivity contribution in [1.82, 2.24) is 9.99 Å². The molecule has 0 bridgehead atoms. The standard InChI is InChI=1S/C22H22BrClN4O3S/c1-15-11-17(16(2)28(15)21-6-4-5-19(24)12-21)13-25-26-22(29)14-27(32(3,30)31)20-9-7-18(23)8-10-20/h4-13H,14H2,1-3H3,(H,26,29)/b25-13-. The van der Waals surface area contributed by atoms with E-state index < -0.39 is 15.9 Å². The van der Waals surface area contributed by atoms with Crippen molar-refractivity contribution in [2.45, 2.75) is 13.8 Å². The van der Waals surface area contributed by atoms with E-state index in [-0.39, 0.29) is 6.54 Å². The number of hydrogen-bond acceptors (Lipinski definition) is 4. The lowest BCUT2D eigenvalue weighted by molar-refractivity contribution is -0.119. The number of nitrogens with one attached hydrogen (secondary N) is 1. The lowest BCUT2D eigenvalue weighted by Gasteiger charge is -2.21. The van der Waals surface area contributed by atoms with Gasteiger partial charge in [0.15, 0.2) is 0 Å². The van der Waals surface area contributed by atoms with E-state index in [9.17, 15) is 13.2 Å². The molecule has 0 fully saturated rings. The Morgan fingerprint density at radius 2 is 1.88 bits per heavy atom. The monoisotopic (exact) mass is 536 g/mol. The highest BCUT2D eigenvalue weighted by atomic mass is 79.9. The third kappa shape index (κ3) is 5.79. The molecule has 0 saturated carbocycles. The molecule has 1 heterocycles. The van der Waals surface area contributed by atoms with E-state index in [0.29, 0.717) is 10.7 Å². The van der Waals surface area contributed by atoms with Gasteiger partial charge in [-0.25, -0.2) is 13.8 Å². The van der Waals surface area contributed by atoms with Crippen LogP contribution in [-0.2, 0) is 14.8 Å². The highest BCUT2D eigenvalue weighted by Gasteiger charge is 2.20. The minimum atomic E-state index is -3.66. The normalized spacial score (nSPS) is 11.7. The van der Waals surface area contributed by atoms with Crippen molar-refractivity contribution in [1.29, 1.82) is 0 Å². The fraction of sp³-hybridized carbons (Fsp3) is 0.182. The minimum absolute atomic E-state index is 0.389. The summed E-state index contributed by atoms with van der Waals surface area (Å²) in [6, 6.07) is 16.1. The molecule has 1 amide bonds. The highest BCUT2D eigenvalue weighted by Crippen LogP contribution is 2.22. The Bertz CT molecular complexity index is 1270. The summed E-state index contributed by atoms with van der Waals surface area (Å²) in [6.45, 7) is 3.52. The van der Waals surface area contributed by atoms with Gasteiger partial charge in [0.05, 0.1) is 18.2 Å². The van der Waals surface area contributed by atoms with Crippen LogP contribution in [0.25, 0.3) is 5.69 Å². The fourth-order valence-electron chi connectivity index (χ4n) is 3.28. The van der Waals surface area contributed by atoms with Crippen molar-refractivity contribution < 1.29 is 13.2 Å². The van der Waals surface area contributed by atoms with Crippen molar-refractivity contribution in [2.75, 3.05) is 17.1 Å². The molecule has 10 heteroatoms. The van der Waals surface area contributed by atoms with Gasteiger partial charge in [-0.3, -0.25) is 9.10 Å². The number of carbonyl (C=O) groups is 1. The molecule has 0 atom stereocenters. The number of sulfonamides is 1. The Labute approximate surface area is 200 Å². The molecule has 3 aromatic rings. The summed E-state index contributed by atoms with van der Waals surface area (Å²) in [4.78, 5) is 12.4. The first-order valence-corrected chi connectivity index (χ1v) is 12.6. The second-order valence-corrected chi connectivity index (χ2v) is 10.4. The van der Waals surface area contributed by atoms with Crippen molar-refractivity contribution in [3.05, 3.63) is 81.0 Å². The second kappa shape index (κ2) is 9.89. The van der Waals surface area contributed by atoms with Crippen LogP contribution in [0.5, 0.6) is 0 Å². The minimum Gasteiger partial charge on any atom is -0.318 e. The summed E-state index contributed by atoms with van der Waals surface area (Å²) >= 11 is 9.42. The van der Waals surface area contributed by atoms with E-state index in [2.05, 4.69) is 26.5 Å². The van der Waals surface area contributed by atoms with Gasteiger partial charge in [-0.05, 0) is 62.4 Å². The van der Waals surface area contributed by atoms with Gasteiger partial charge in [-0.2, -0.15) is 5.10 Å². The second-order valence-electron chi connectivity index (χ2n) is 7.18. The molecule has 0 radical (unpaired) electrons. The zero-order valence-corrected chi connectivity index (χ0v) is 20.9. The largest absolute Gasteiger partial charge is 0.318 e. The number of hydrogen-bond donors (Lipinski definition) is 1. The summed E-state index contributed by atoms with van der Waals surface area (Å²) < 4.78 is 28.2. The number of aryl methyl sites for hydroxylation is 1. The number of rotatable bonds is 7. The summed E-state index contributed by atoms with van der Waals surface area (Å²) in [7, 11) is -3.66.